The average molecular weight is 267 g/mol. The zero-order valence-electron chi connectivity index (χ0n) is 9.63. The van der Waals surface area contributed by atoms with Crippen LogP contribution in [0.5, 0.6) is 0 Å². The molecule has 96 valence electrons. The van der Waals surface area contributed by atoms with Crippen molar-refractivity contribution < 1.29 is 14.7 Å². The number of hydrogen-bond acceptors (Lipinski definition) is 4. The van der Waals surface area contributed by atoms with Crippen molar-refractivity contribution in [2.75, 3.05) is 25.4 Å². The summed E-state index contributed by atoms with van der Waals surface area (Å²) in [4.78, 5) is 28.0. The molecule has 0 aromatic carbocycles. The van der Waals surface area contributed by atoms with Crippen LogP contribution in [0.15, 0.2) is 23.4 Å². The van der Waals surface area contributed by atoms with Gasteiger partial charge in [0.25, 0.3) is 0 Å². The molecule has 1 aromatic heterocycles. The molecule has 0 unspecified atom stereocenters. The molecule has 1 saturated heterocycles. The molecular formula is C11H13N3O3S. The lowest BCUT2D eigenvalue weighted by molar-refractivity contribution is 0.0692. The molecule has 0 aliphatic carbocycles. The number of carboxylic acid groups (broad SMARTS) is 1. The SMILES string of the molecule is O=C(O)c1cccnc1SCCN1CCNC1=O. The number of carbonyl (C=O) groups is 2. The standard InChI is InChI=1S/C11H13N3O3S/c15-10(16)8-2-1-3-12-9(8)18-7-6-14-5-4-13-11(14)17/h1-3H,4-7H2,(H,13,17)(H,15,16). The molecule has 18 heavy (non-hydrogen) atoms. The van der Waals surface area contributed by atoms with Crippen molar-refractivity contribution in [3.63, 3.8) is 0 Å². The van der Waals surface area contributed by atoms with Crippen LogP contribution in [0.4, 0.5) is 4.79 Å². The van der Waals surface area contributed by atoms with E-state index in [9.17, 15) is 9.59 Å². The Bertz CT molecular complexity index is 467. The first-order chi connectivity index (χ1) is 8.68. The van der Waals surface area contributed by atoms with E-state index in [0.717, 1.165) is 0 Å². The van der Waals surface area contributed by atoms with Crippen LogP contribution in [0.3, 0.4) is 0 Å². The van der Waals surface area contributed by atoms with Crippen LogP contribution < -0.4 is 5.32 Å². The number of nitrogens with one attached hydrogen (secondary N) is 1. The molecule has 2 N–H and O–H groups in total. The van der Waals surface area contributed by atoms with Crippen molar-refractivity contribution in [1.29, 1.82) is 0 Å². The Balaban J connectivity index is 1.90. The van der Waals surface area contributed by atoms with Crippen LogP contribution in [0.1, 0.15) is 10.4 Å². The number of nitrogens with zero attached hydrogens (tertiary/aromatic N) is 2. The van der Waals surface area contributed by atoms with Gasteiger partial charge in [-0.2, -0.15) is 0 Å². The van der Waals surface area contributed by atoms with E-state index < -0.39 is 5.97 Å². The largest absolute Gasteiger partial charge is 0.478 e. The minimum absolute atomic E-state index is 0.0601. The lowest BCUT2D eigenvalue weighted by atomic mass is 10.3. The van der Waals surface area contributed by atoms with E-state index >= 15 is 0 Å². The first kappa shape index (κ1) is 12.7. The van der Waals surface area contributed by atoms with Crippen LogP contribution in [-0.4, -0.2) is 52.4 Å². The molecule has 1 aromatic rings. The number of carboxylic acids is 1. The topological polar surface area (TPSA) is 82.5 Å². The predicted octanol–water partition coefficient (Wildman–Crippen LogP) is 0.897. The highest BCUT2D eigenvalue weighted by atomic mass is 32.2. The van der Waals surface area contributed by atoms with Gasteiger partial charge in [-0.25, -0.2) is 14.6 Å². The Morgan fingerprint density at radius 1 is 1.61 bits per heavy atom. The second kappa shape index (κ2) is 5.72. The van der Waals surface area contributed by atoms with Gasteiger partial charge in [0.15, 0.2) is 0 Å². The number of hydrogen-bond donors (Lipinski definition) is 2. The highest BCUT2D eigenvalue weighted by Crippen LogP contribution is 2.20. The van der Waals surface area contributed by atoms with E-state index in [1.807, 2.05) is 0 Å². The minimum atomic E-state index is -0.982. The Labute approximate surface area is 108 Å². The molecular weight excluding hydrogens is 254 g/mol. The van der Waals surface area contributed by atoms with Gasteiger partial charge in [0.2, 0.25) is 0 Å². The normalized spacial score (nSPS) is 14.7. The van der Waals surface area contributed by atoms with Crippen LogP contribution in [-0.2, 0) is 0 Å². The van der Waals surface area contributed by atoms with E-state index in [-0.39, 0.29) is 11.6 Å². The van der Waals surface area contributed by atoms with Crippen molar-refractivity contribution in [3.8, 4) is 0 Å². The molecule has 1 aliphatic heterocycles. The van der Waals surface area contributed by atoms with Crippen molar-refractivity contribution in [2.45, 2.75) is 5.03 Å². The first-order valence-electron chi connectivity index (χ1n) is 5.52. The van der Waals surface area contributed by atoms with Gasteiger partial charge in [0, 0.05) is 31.6 Å². The highest BCUT2D eigenvalue weighted by molar-refractivity contribution is 7.99. The van der Waals surface area contributed by atoms with E-state index in [4.69, 9.17) is 5.11 Å². The lowest BCUT2D eigenvalue weighted by Crippen LogP contribution is -2.30. The van der Waals surface area contributed by atoms with Gasteiger partial charge in [-0.1, -0.05) is 0 Å². The summed E-state index contributed by atoms with van der Waals surface area (Å²) in [5.74, 6) is -0.352. The third kappa shape index (κ3) is 2.92. The molecule has 0 saturated carbocycles. The second-order valence-electron chi connectivity index (χ2n) is 3.73. The van der Waals surface area contributed by atoms with Gasteiger partial charge < -0.3 is 15.3 Å². The van der Waals surface area contributed by atoms with Gasteiger partial charge in [0.05, 0.1) is 5.56 Å². The van der Waals surface area contributed by atoms with Gasteiger partial charge in [-0.3, -0.25) is 0 Å². The van der Waals surface area contributed by atoms with E-state index in [2.05, 4.69) is 10.3 Å². The Morgan fingerprint density at radius 3 is 3.11 bits per heavy atom. The number of rotatable bonds is 5. The zero-order valence-corrected chi connectivity index (χ0v) is 10.4. The number of pyridine rings is 1. The van der Waals surface area contributed by atoms with E-state index in [0.29, 0.717) is 30.4 Å². The number of carbonyl (C=O) groups excluding carboxylic acids is 1. The molecule has 1 fully saturated rings. The number of amides is 2. The van der Waals surface area contributed by atoms with Crippen LogP contribution >= 0.6 is 11.8 Å². The van der Waals surface area contributed by atoms with E-state index in [1.165, 1.54) is 17.8 Å². The number of aromatic carboxylic acids is 1. The summed E-state index contributed by atoms with van der Waals surface area (Å²) in [5, 5.41) is 12.2. The molecule has 2 rings (SSSR count). The third-order valence-corrected chi connectivity index (χ3v) is 3.53. The summed E-state index contributed by atoms with van der Waals surface area (Å²) in [6, 6.07) is 3.07. The molecule has 2 heterocycles. The smallest absolute Gasteiger partial charge is 0.338 e. The van der Waals surface area contributed by atoms with E-state index in [1.54, 1.807) is 17.2 Å². The van der Waals surface area contributed by atoms with Crippen molar-refractivity contribution in [2.24, 2.45) is 0 Å². The summed E-state index contributed by atoms with van der Waals surface area (Å²) in [6.07, 6.45) is 1.57. The Hall–Kier alpha value is -1.76. The van der Waals surface area contributed by atoms with Crippen molar-refractivity contribution in [3.05, 3.63) is 23.9 Å². The van der Waals surface area contributed by atoms with Crippen LogP contribution in [0.2, 0.25) is 0 Å². The maximum absolute atomic E-state index is 11.3. The summed E-state index contributed by atoms with van der Waals surface area (Å²) in [7, 11) is 0. The van der Waals surface area contributed by atoms with Crippen molar-refractivity contribution >= 4 is 23.8 Å². The number of urea groups is 1. The van der Waals surface area contributed by atoms with Crippen LogP contribution in [0, 0.1) is 0 Å². The number of thioether (sulfide) groups is 1. The quantitative estimate of drug-likeness (QED) is 0.774. The summed E-state index contributed by atoms with van der Waals surface area (Å²) >= 11 is 1.35. The molecule has 0 atom stereocenters. The molecule has 0 spiro atoms. The summed E-state index contributed by atoms with van der Waals surface area (Å²) < 4.78 is 0. The Kier molecular flexibility index (Phi) is 4.03. The van der Waals surface area contributed by atoms with Gasteiger partial charge in [-0.15, -0.1) is 11.8 Å². The fourth-order valence-corrected chi connectivity index (χ4v) is 2.60. The molecule has 0 radical (unpaired) electrons. The maximum atomic E-state index is 11.3. The molecule has 1 aliphatic rings. The Morgan fingerprint density at radius 2 is 2.44 bits per heavy atom. The molecule has 7 heteroatoms. The fraction of sp³-hybridized carbons (Fsp3) is 0.364. The molecule has 6 nitrogen and oxygen atoms in total. The summed E-state index contributed by atoms with van der Waals surface area (Å²) in [6.45, 7) is 1.97. The molecule has 0 bridgehead atoms. The van der Waals surface area contributed by atoms with Gasteiger partial charge in [0.1, 0.15) is 5.03 Å². The maximum Gasteiger partial charge on any atom is 0.338 e. The summed E-state index contributed by atoms with van der Waals surface area (Å²) in [5.41, 5.74) is 0.202. The first-order valence-corrected chi connectivity index (χ1v) is 6.51. The zero-order chi connectivity index (χ0) is 13.0. The predicted molar refractivity (Wildman–Crippen MR) is 66.9 cm³/mol. The van der Waals surface area contributed by atoms with Crippen molar-refractivity contribution in [1.82, 2.24) is 15.2 Å². The lowest BCUT2D eigenvalue weighted by Gasteiger charge is -2.13. The number of aromatic nitrogens is 1. The fourth-order valence-electron chi connectivity index (χ4n) is 1.65. The third-order valence-electron chi connectivity index (χ3n) is 2.55. The highest BCUT2D eigenvalue weighted by Gasteiger charge is 2.19. The second-order valence-corrected chi connectivity index (χ2v) is 4.81. The monoisotopic (exact) mass is 267 g/mol. The average Bonchev–Trinajstić information content (AvgIpc) is 2.76. The molecule has 2 amide bonds. The minimum Gasteiger partial charge on any atom is -0.478 e. The van der Waals surface area contributed by atoms with Gasteiger partial charge in [-0.05, 0) is 12.1 Å². The van der Waals surface area contributed by atoms with Gasteiger partial charge >= 0.3 is 12.0 Å². The van der Waals surface area contributed by atoms with Crippen LogP contribution in [0.25, 0.3) is 0 Å².